The Bertz CT molecular complexity index is 505. The summed E-state index contributed by atoms with van der Waals surface area (Å²) >= 11 is 0. The number of piperidine rings is 1. The molecule has 2 rings (SSSR count). The number of hydrogen-bond acceptors (Lipinski definition) is 5. The molecule has 6 heteroatoms. The van der Waals surface area contributed by atoms with Crippen molar-refractivity contribution in [3.63, 3.8) is 0 Å². The third kappa shape index (κ3) is 5.18. The van der Waals surface area contributed by atoms with E-state index in [1.807, 2.05) is 25.7 Å². The maximum absolute atomic E-state index is 12.0. The van der Waals surface area contributed by atoms with Crippen LogP contribution in [0.25, 0.3) is 0 Å². The van der Waals surface area contributed by atoms with Gasteiger partial charge < -0.3 is 14.5 Å². The van der Waals surface area contributed by atoms with Crippen LogP contribution in [0.3, 0.4) is 0 Å². The number of hydrogen-bond donors (Lipinski definition) is 1. The summed E-state index contributed by atoms with van der Waals surface area (Å²) in [5.74, 6) is 0.338. The van der Waals surface area contributed by atoms with E-state index in [-0.39, 0.29) is 11.8 Å². The number of likely N-dealkylation sites (tertiary alicyclic amines) is 1. The zero-order valence-electron chi connectivity index (χ0n) is 13.4. The molecule has 0 radical (unpaired) electrons. The van der Waals surface area contributed by atoms with Crippen molar-refractivity contribution in [3.05, 3.63) is 24.2 Å². The van der Waals surface area contributed by atoms with Gasteiger partial charge in [-0.3, -0.25) is 9.69 Å². The van der Waals surface area contributed by atoms with Gasteiger partial charge in [-0.15, -0.1) is 0 Å². The summed E-state index contributed by atoms with van der Waals surface area (Å²) in [4.78, 5) is 25.9. The van der Waals surface area contributed by atoms with Crippen molar-refractivity contribution in [2.45, 2.75) is 45.3 Å². The van der Waals surface area contributed by atoms with Crippen molar-refractivity contribution in [2.75, 3.05) is 19.6 Å². The van der Waals surface area contributed by atoms with Gasteiger partial charge in [0.2, 0.25) is 5.78 Å². The van der Waals surface area contributed by atoms with E-state index in [0.717, 1.165) is 19.4 Å². The third-order valence-electron chi connectivity index (χ3n) is 3.39. The van der Waals surface area contributed by atoms with E-state index in [4.69, 9.17) is 9.15 Å². The molecular weight excluding hydrogens is 284 g/mol. The topological polar surface area (TPSA) is 71.8 Å². The lowest BCUT2D eigenvalue weighted by Crippen LogP contribution is -2.49. The number of carbonyl (C=O) groups excluding carboxylic acids is 2. The molecule has 1 aromatic rings. The first-order valence-electron chi connectivity index (χ1n) is 7.62. The van der Waals surface area contributed by atoms with E-state index in [9.17, 15) is 9.59 Å². The van der Waals surface area contributed by atoms with Crippen molar-refractivity contribution in [2.24, 2.45) is 0 Å². The van der Waals surface area contributed by atoms with E-state index in [1.165, 1.54) is 6.26 Å². The van der Waals surface area contributed by atoms with Crippen LogP contribution >= 0.6 is 0 Å². The average Bonchev–Trinajstić information content (AvgIpc) is 2.90. The second-order valence-corrected chi connectivity index (χ2v) is 6.62. The van der Waals surface area contributed by atoms with E-state index >= 15 is 0 Å². The summed E-state index contributed by atoms with van der Waals surface area (Å²) in [7, 11) is 0. The van der Waals surface area contributed by atoms with Crippen LogP contribution in [0.2, 0.25) is 0 Å². The monoisotopic (exact) mass is 308 g/mol. The normalized spacial score (nSPS) is 19.7. The van der Waals surface area contributed by atoms with Gasteiger partial charge in [0.25, 0.3) is 0 Å². The number of furan rings is 1. The Morgan fingerprint density at radius 3 is 2.86 bits per heavy atom. The van der Waals surface area contributed by atoms with Gasteiger partial charge in [0.05, 0.1) is 12.8 Å². The molecule has 2 heterocycles. The molecule has 0 saturated carbocycles. The van der Waals surface area contributed by atoms with Crippen LogP contribution in [0, 0.1) is 0 Å². The first-order valence-corrected chi connectivity index (χ1v) is 7.62. The number of nitrogens with one attached hydrogen (secondary N) is 1. The first kappa shape index (κ1) is 16.5. The molecule has 0 bridgehead atoms. The minimum atomic E-state index is -0.506. The molecule has 0 aromatic carbocycles. The molecule has 0 aliphatic carbocycles. The van der Waals surface area contributed by atoms with Crippen molar-refractivity contribution in [1.29, 1.82) is 0 Å². The fourth-order valence-electron chi connectivity index (χ4n) is 2.51. The smallest absolute Gasteiger partial charge is 0.407 e. The lowest BCUT2D eigenvalue weighted by atomic mass is 10.1. The fraction of sp³-hybridized carbons (Fsp3) is 0.625. The molecule has 1 amide bonds. The molecule has 122 valence electrons. The molecule has 1 N–H and O–H groups in total. The number of Topliss-reactive ketones (excluding diaryl/α,β-unsaturated/α-hetero) is 1. The van der Waals surface area contributed by atoms with Gasteiger partial charge in [0.15, 0.2) is 5.76 Å². The van der Waals surface area contributed by atoms with Crippen molar-refractivity contribution < 1.29 is 18.7 Å². The summed E-state index contributed by atoms with van der Waals surface area (Å²) in [6, 6.07) is 3.38. The fourth-order valence-corrected chi connectivity index (χ4v) is 2.51. The molecule has 1 saturated heterocycles. The van der Waals surface area contributed by atoms with Crippen LogP contribution in [0.5, 0.6) is 0 Å². The molecular formula is C16H24N2O4. The molecule has 1 atom stereocenters. The number of ketones is 1. The number of ether oxygens (including phenoxy) is 1. The summed E-state index contributed by atoms with van der Waals surface area (Å²) in [6.45, 7) is 7.30. The van der Waals surface area contributed by atoms with Gasteiger partial charge in [0, 0.05) is 12.6 Å². The highest BCUT2D eigenvalue weighted by molar-refractivity contribution is 5.95. The van der Waals surface area contributed by atoms with Crippen molar-refractivity contribution >= 4 is 11.9 Å². The highest BCUT2D eigenvalue weighted by Crippen LogP contribution is 2.13. The number of carbonyl (C=O) groups is 2. The number of rotatable bonds is 4. The lowest BCUT2D eigenvalue weighted by molar-refractivity contribution is 0.0472. The molecule has 1 fully saturated rings. The van der Waals surface area contributed by atoms with E-state index in [2.05, 4.69) is 5.32 Å². The Balaban J connectivity index is 1.81. The Morgan fingerprint density at radius 2 is 2.23 bits per heavy atom. The molecule has 1 aliphatic heterocycles. The Hall–Kier alpha value is -1.82. The van der Waals surface area contributed by atoms with Gasteiger partial charge in [0.1, 0.15) is 5.60 Å². The first-order chi connectivity index (χ1) is 10.3. The molecule has 1 aliphatic rings. The van der Waals surface area contributed by atoms with Crippen LogP contribution in [-0.4, -0.2) is 48.1 Å². The SMILES string of the molecule is CC(C)(C)OC(=O)N[C@@H]1CCCN(CC(=O)c2ccco2)C1. The quantitative estimate of drug-likeness (QED) is 0.865. The highest BCUT2D eigenvalue weighted by Gasteiger charge is 2.25. The largest absolute Gasteiger partial charge is 0.461 e. The van der Waals surface area contributed by atoms with E-state index in [1.54, 1.807) is 12.1 Å². The summed E-state index contributed by atoms with van der Waals surface area (Å²) in [6.07, 6.45) is 2.92. The molecule has 22 heavy (non-hydrogen) atoms. The van der Waals surface area contributed by atoms with Gasteiger partial charge in [-0.05, 0) is 52.3 Å². The minimum absolute atomic E-state index is 0.00741. The average molecular weight is 308 g/mol. The van der Waals surface area contributed by atoms with Crippen molar-refractivity contribution in [1.82, 2.24) is 10.2 Å². The third-order valence-corrected chi connectivity index (χ3v) is 3.39. The highest BCUT2D eigenvalue weighted by atomic mass is 16.6. The minimum Gasteiger partial charge on any atom is -0.461 e. The maximum atomic E-state index is 12.0. The number of nitrogens with zero attached hydrogens (tertiary/aromatic N) is 1. The summed E-state index contributed by atoms with van der Waals surface area (Å²) in [5.41, 5.74) is -0.506. The zero-order valence-corrected chi connectivity index (χ0v) is 13.4. The molecule has 1 aromatic heterocycles. The van der Waals surface area contributed by atoms with Gasteiger partial charge in [-0.1, -0.05) is 0 Å². The summed E-state index contributed by atoms with van der Waals surface area (Å²) < 4.78 is 10.4. The zero-order chi connectivity index (χ0) is 16.2. The van der Waals surface area contributed by atoms with Gasteiger partial charge in [-0.25, -0.2) is 4.79 Å². The Labute approximate surface area is 130 Å². The maximum Gasteiger partial charge on any atom is 0.407 e. The van der Waals surface area contributed by atoms with Crippen LogP contribution < -0.4 is 5.32 Å². The van der Waals surface area contributed by atoms with E-state index in [0.29, 0.717) is 18.8 Å². The second kappa shape index (κ2) is 6.96. The van der Waals surface area contributed by atoms with Crippen LogP contribution in [0.15, 0.2) is 22.8 Å². The van der Waals surface area contributed by atoms with Crippen LogP contribution in [0.1, 0.15) is 44.2 Å². The molecule has 0 spiro atoms. The predicted molar refractivity (Wildman–Crippen MR) is 81.9 cm³/mol. The standard InChI is InChI=1S/C16H24N2O4/c1-16(2,3)22-15(20)17-12-6-4-8-18(10-12)11-13(19)14-7-5-9-21-14/h5,7,9,12H,4,6,8,10-11H2,1-3H3,(H,17,20)/t12-/m1/s1. The van der Waals surface area contributed by atoms with Gasteiger partial charge in [-0.2, -0.15) is 0 Å². The van der Waals surface area contributed by atoms with Crippen LogP contribution in [0.4, 0.5) is 4.79 Å². The lowest BCUT2D eigenvalue weighted by Gasteiger charge is -2.32. The number of amides is 1. The number of alkyl carbamates (subject to hydrolysis) is 1. The second-order valence-electron chi connectivity index (χ2n) is 6.62. The summed E-state index contributed by atoms with van der Waals surface area (Å²) in [5, 5.41) is 2.88. The van der Waals surface area contributed by atoms with Crippen LogP contribution in [-0.2, 0) is 4.74 Å². The molecule has 6 nitrogen and oxygen atoms in total. The van der Waals surface area contributed by atoms with E-state index < -0.39 is 11.7 Å². The Morgan fingerprint density at radius 1 is 1.45 bits per heavy atom. The Kier molecular flexibility index (Phi) is 5.24. The van der Waals surface area contributed by atoms with Gasteiger partial charge >= 0.3 is 6.09 Å². The van der Waals surface area contributed by atoms with Crippen molar-refractivity contribution in [3.8, 4) is 0 Å². The molecule has 0 unspecified atom stereocenters. The predicted octanol–water partition coefficient (Wildman–Crippen LogP) is 2.45.